The predicted molar refractivity (Wildman–Crippen MR) is 121 cm³/mol. The molecule has 0 aliphatic heterocycles. The third-order valence-corrected chi connectivity index (χ3v) is 5.68. The minimum Gasteiger partial charge on any atom is -0.143 e. The van der Waals surface area contributed by atoms with E-state index in [2.05, 4.69) is 106 Å². The molecule has 0 amide bonds. The lowest BCUT2D eigenvalue weighted by Gasteiger charge is -2.19. The van der Waals surface area contributed by atoms with Crippen molar-refractivity contribution in [1.29, 1.82) is 0 Å². The summed E-state index contributed by atoms with van der Waals surface area (Å²) in [4.78, 5) is 1.01. The molecule has 0 heterocycles. The predicted octanol–water partition coefficient (Wildman–Crippen LogP) is 7.89. The zero-order valence-corrected chi connectivity index (χ0v) is 16.9. The first kappa shape index (κ1) is 17.9. The van der Waals surface area contributed by atoms with E-state index >= 15 is 0 Å². The molecular formula is C26H24S. The van der Waals surface area contributed by atoms with Gasteiger partial charge in [-0.05, 0) is 69.1 Å². The van der Waals surface area contributed by atoms with E-state index in [-0.39, 0.29) is 0 Å². The second-order valence-corrected chi connectivity index (χ2v) is 7.93. The van der Waals surface area contributed by atoms with Gasteiger partial charge in [-0.25, -0.2) is 0 Å². The first-order valence-corrected chi connectivity index (χ1v) is 9.92. The lowest BCUT2D eigenvalue weighted by atomic mass is 9.85. The Morgan fingerprint density at radius 1 is 0.704 bits per heavy atom. The van der Waals surface area contributed by atoms with Crippen molar-refractivity contribution in [2.45, 2.75) is 31.6 Å². The Balaban J connectivity index is 2.01. The van der Waals surface area contributed by atoms with E-state index in [4.69, 9.17) is 0 Å². The second kappa shape index (κ2) is 7.25. The minimum atomic E-state index is 0.435. The van der Waals surface area contributed by atoms with Crippen LogP contribution in [0.4, 0.5) is 0 Å². The van der Waals surface area contributed by atoms with Gasteiger partial charge in [0.25, 0.3) is 0 Å². The molecule has 4 rings (SSSR count). The summed E-state index contributed by atoms with van der Waals surface area (Å²) in [6.45, 7) is 6.77. The maximum Gasteiger partial charge on any atom is 0.0119 e. The first-order valence-electron chi connectivity index (χ1n) is 9.47. The zero-order valence-electron chi connectivity index (χ0n) is 16.0. The Labute approximate surface area is 167 Å². The van der Waals surface area contributed by atoms with E-state index in [9.17, 15) is 0 Å². The average molecular weight is 369 g/mol. The lowest BCUT2D eigenvalue weighted by molar-refractivity contribution is 0.878. The number of thiol groups is 1. The molecule has 0 spiro atoms. The highest BCUT2D eigenvalue weighted by atomic mass is 32.1. The molecule has 27 heavy (non-hydrogen) atoms. The van der Waals surface area contributed by atoms with Gasteiger partial charge >= 0.3 is 0 Å². The summed E-state index contributed by atoms with van der Waals surface area (Å²) in [5, 5.41) is 2.62. The van der Waals surface area contributed by atoms with Gasteiger partial charge in [-0.1, -0.05) is 80.6 Å². The van der Waals surface area contributed by atoms with Crippen LogP contribution in [-0.2, 0) is 0 Å². The molecule has 1 heteroatoms. The first-order chi connectivity index (χ1) is 13.1. The van der Waals surface area contributed by atoms with Crippen molar-refractivity contribution in [3.05, 3.63) is 90.0 Å². The number of aryl methyl sites for hydroxylation is 1. The molecule has 4 aromatic rings. The van der Waals surface area contributed by atoms with Gasteiger partial charge in [-0.15, -0.1) is 12.6 Å². The van der Waals surface area contributed by atoms with Gasteiger partial charge in [-0.2, -0.15) is 0 Å². The standard InChI is InChI=1S/C26H24S/c1-17(2)26-23(21-9-5-4-8-18(21)3)15-14-19-12-13-20(16-24(19)26)22-10-6-7-11-25(22)27/h4-17,27H,1-3H3. The van der Waals surface area contributed by atoms with Gasteiger partial charge in [-0.3, -0.25) is 0 Å². The zero-order chi connectivity index (χ0) is 19.0. The molecule has 0 saturated heterocycles. The fourth-order valence-corrected chi connectivity index (χ4v) is 4.25. The maximum atomic E-state index is 4.66. The molecule has 0 fully saturated rings. The van der Waals surface area contributed by atoms with Crippen molar-refractivity contribution in [2.75, 3.05) is 0 Å². The molecule has 0 unspecified atom stereocenters. The molecule has 0 aliphatic rings. The van der Waals surface area contributed by atoms with Crippen LogP contribution < -0.4 is 0 Å². The fraction of sp³-hybridized carbons (Fsp3) is 0.154. The van der Waals surface area contributed by atoms with E-state index in [1.165, 1.54) is 44.2 Å². The SMILES string of the molecule is Cc1ccccc1-c1ccc2ccc(-c3ccccc3S)cc2c1C(C)C. The van der Waals surface area contributed by atoms with Gasteiger partial charge in [0.2, 0.25) is 0 Å². The highest BCUT2D eigenvalue weighted by Gasteiger charge is 2.15. The topological polar surface area (TPSA) is 0 Å². The van der Waals surface area contributed by atoms with Crippen molar-refractivity contribution >= 4 is 23.4 Å². The van der Waals surface area contributed by atoms with Gasteiger partial charge in [0, 0.05) is 4.90 Å². The Bertz CT molecular complexity index is 1120. The number of hydrogen-bond acceptors (Lipinski definition) is 1. The molecule has 0 bridgehead atoms. The van der Waals surface area contributed by atoms with Gasteiger partial charge < -0.3 is 0 Å². The summed E-state index contributed by atoms with van der Waals surface area (Å²) in [7, 11) is 0. The van der Waals surface area contributed by atoms with E-state index in [1.807, 2.05) is 6.07 Å². The molecular weight excluding hydrogens is 344 g/mol. The third kappa shape index (κ3) is 3.28. The molecule has 0 saturated carbocycles. The maximum absolute atomic E-state index is 4.66. The summed E-state index contributed by atoms with van der Waals surface area (Å²) < 4.78 is 0. The molecule has 0 nitrogen and oxygen atoms in total. The van der Waals surface area contributed by atoms with Crippen LogP contribution in [0.15, 0.2) is 83.8 Å². The van der Waals surface area contributed by atoms with Crippen molar-refractivity contribution < 1.29 is 0 Å². The fourth-order valence-electron chi connectivity index (χ4n) is 3.96. The van der Waals surface area contributed by atoms with E-state index < -0.39 is 0 Å². The molecule has 0 atom stereocenters. The van der Waals surface area contributed by atoms with Crippen molar-refractivity contribution in [1.82, 2.24) is 0 Å². The van der Waals surface area contributed by atoms with Gasteiger partial charge in [0.05, 0.1) is 0 Å². The molecule has 0 N–H and O–H groups in total. The Morgan fingerprint density at radius 3 is 2.07 bits per heavy atom. The monoisotopic (exact) mass is 368 g/mol. The van der Waals surface area contributed by atoms with Crippen LogP contribution in [0.5, 0.6) is 0 Å². The normalized spacial score (nSPS) is 11.3. The molecule has 4 aromatic carbocycles. The highest BCUT2D eigenvalue weighted by molar-refractivity contribution is 7.80. The van der Waals surface area contributed by atoms with Gasteiger partial charge in [0.1, 0.15) is 0 Å². The van der Waals surface area contributed by atoms with Crippen LogP contribution in [0.3, 0.4) is 0 Å². The van der Waals surface area contributed by atoms with Crippen molar-refractivity contribution in [3.8, 4) is 22.3 Å². The summed E-state index contributed by atoms with van der Waals surface area (Å²) in [6.07, 6.45) is 0. The minimum absolute atomic E-state index is 0.435. The Hall–Kier alpha value is -2.51. The smallest absolute Gasteiger partial charge is 0.0119 e. The highest BCUT2D eigenvalue weighted by Crippen LogP contribution is 2.38. The Kier molecular flexibility index (Phi) is 4.80. The third-order valence-electron chi connectivity index (χ3n) is 5.29. The summed E-state index contributed by atoms with van der Waals surface area (Å²) in [5.41, 5.74) is 7.79. The summed E-state index contributed by atoms with van der Waals surface area (Å²) in [6, 6.07) is 28.3. The number of rotatable bonds is 3. The van der Waals surface area contributed by atoms with E-state index in [1.54, 1.807) is 0 Å². The van der Waals surface area contributed by atoms with Crippen LogP contribution >= 0.6 is 12.6 Å². The molecule has 134 valence electrons. The van der Waals surface area contributed by atoms with Crippen LogP contribution in [0.1, 0.15) is 30.9 Å². The number of benzene rings is 4. The average Bonchev–Trinajstić information content (AvgIpc) is 2.67. The van der Waals surface area contributed by atoms with Crippen molar-refractivity contribution in [3.63, 3.8) is 0 Å². The van der Waals surface area contributed by atoms with Gasteiger partial charge in [0.15, 0.2) is 0 Å². The molecule has 0 radical (unpaired) electrons. The van der Waals surface area contributed by atoms with Crippen LogP contribution in [-0.4, -0.2) is 0 Å². The molecule has 0 aliphatic carbocycles. The van der Waals surface area contributed by atoms with E-state index in [0.29, 0.717) is 5.92 Å². The van der Waals surface area contributed by atoms with Crippen LogP contribution in [0.25, 0.3) is 33.0 Å². The van der Waals surface area contributed by atoms with E-state index in [0.717, 1.165) is 4.90 Å². The van der Waals surface area contributed by atoms with Crippen LogP contribution in [0, 0.1) is 6.92 Å². The lowest BCUT2D eigenvalue weighted by Crippen LogP contribution is -1.96. The van der Waals surface area contributed by atoms with Crippen molar-refractivity contribution in [2.24, 2.45) is 0 Å². The molecule has 0 aromatic heterocycles. The second-order valence-electron chi connectivity index (χ2n) is 7.45. The number of fused-ring (bicyclic) bond motifs is 1. The summed E-state index contributed by atoms with van der Waals surface area (Å²) >= 11 is 4.66. The Morgan fingerprint density at radius 2 is 1.37 bits per heavy atom. The quantitative estimate of drug-likeness (QED) is 0.349. The largest absolute Gasteiger partial charge is 0.143 e. The summed E-state index contributed by atoms with van der Waals surface area (Å²) in [5.74, 6) is 0.435. The van der Waals surface area contributed by atoms with Crippen LogP contribution in [0.2, 0.25) is 0 Å². The number of hydrogen-bond donors (Lipinski definition) is 1.